The van der Waals surface area contributed by atoms with Crippen molar-refractivity contribution in [1.82, 2.24) is 4.31 Å². The van der Waals surface area contributed by atoms with Gasteiger partial charge in [0.05, 0.1) is 10.8 Å². The number of rotatable bonds is 6. The van der Waals surface area contributed by atoms with Crippen LogP contribution >= 0.6 is 23.2 Å². The number of carbonyl (C=O) groups excluding carboxylic acids is 2. The Balaban J connectivity index is 1.94. The van der Waals surface area contributed by atoms with Crippen molar-refractivity contribution in [2.75, 3.05) is 26.0 Å². The van der Waals surface area contributed by atoms with Gasteiger partial charge in [0.2, 0.25) is 10.0 Å². The molecule has 0 radical (unpaired) electrons. The minimum absolute atomic E-state index is 0.0364. The summed E-state index contributed by atoms with van der Waals surface area (Å²) < 4.78 is 28.9. The smallest absolute Gasteiger partial charge is 0.312 e. The molecule has 0 bridgehead atoms. The van der Waals surface area contributed by atoms with E-state index in [1.54, 1.807) is 0 Å². The summed E-state index contributed by atoms with van der Waals surface area (Å²) in [4.78, 5) is 23.4. The molecule has 0 spiro atoms. The first-order chi connectivity index (χ1) is 11.0. The highest BCUT2D eigenvalue weighted by molar-refractivity contribution is 7.89. The fourth-order valence-corrected chi connectivity index (χ4v) is 3.28. The third-order valence-corrected chi connectivity index (χ3v) is 6.00. The number of sulfonamides is 1. The predicted octanol–water partition coefficient (Wildman–Crippen LogP) is 1.61. The fourth-order valence-electron chi connectivity index (χ4n) is 1.85. The summed E-state index contributed by atoms with van der Waals surface area (Å²) in [6, 6.07) is 5.76. The van der Waals surface area contributed by atoms with Crippen LogP contribution in [0.4, 0.5) is 5.69 Å². The highest BCUT2D eigenvalue weighted by Gasteiger charge is 2.57. The van der Waals surface area contributed by atoms with E-state index in [-0.39, 0.29) is 10.6 Å². The molecular formula is C14H16Cl2N2O5S. The molecule has 1 amide bonds. The molecule has 1 aliphatic rings. The molecule has 1 aromatic carbocycles. The van der Waals surface area contributed by atoms with Gasteiger partial charge in [0.15, 0.2) is 6.61 Å². The maximum Gasteiger partial charge on any atom is 0.312 e. The number of hydrogen-bond donors (Lipinski definition) is 1. The Morgan fingerprint density at radius 1 is 1.38 bits per heavy atom. The first-order valence-electron chi connectivity index (χ1n) is 6.91. The lowest BCUT2D eigenvalue weighted by molar-refractivity contribution is -0.148. The highest BCUT2D eigenvalue weighted by Crippen LogP contribution is 2.53. The quantitative estimate of drug-likeness (QED) is 0.584. The second kappa shape index (κ2) is 6.87. The summed E-state index contributed by atoms with van der Waals surface area (Å²) in [6.07, 6.45) is 0.293. The number of nitrogens with zero attached hydrogens (tertiary/aromatic N) is 1. The van der Waals surface area contributed by atoms with E-state index >= 15 is 0 Å². The van der Waals surface area contributed by atoms with Crippen molar-refractivity contribution in [3.8, 4) is 0 Å². The number of halogens is 2. The van der Waals surface area contributed by atoms with Crippen LogP contribution in [0, 0.1) is 5.92 Å². The SMILES string of the molecule is CN(C)S(=O)(=O)c1cccc(NC(=O)COC(=O)[C@H]2CC2(Cl)Cl)c1. The van der Waals surface area contributed by atoms with Gasteiger partial charge in [0.25, 0.3) is 5.91 Å². The van der Waals surface area contributed by atoms with E-state index in [1.807, 2.05) is 0 Å². The molecule has 1 aliphatic carbocycles. The molecule has 0 aromatic heterocycles. The van der Waals surface area contributed by atoms with Crippen LogP contribution in [0.5, 0.6) is 0 Å². The largest absolute Gasteiger partial charge is 0.455 e. The number of esters is 1. The molecule has 1 fully saturated rings. The minimum Gasteiger partial charge on any atom is -0.455 e. The molecule has 0 aliphatic heterocycles. The summed E-state index contributed by atoms with van der Waals surface area (Å²) in [5.41, 5.74) is 0.273. The maximum atomic E-state index is 12.0. The van der Waals surface area contributed by atoms with Crippen molar-refractivity contribution in [1.29, 1.82) is 0 Å². The van der Waals surface area contributed by atoms with Gasteiger partial charge in [-0.3, -0.25) is 9.59 Å². The Labute approximate surface area is 149 Å². The molecule has 132 valence electrons. The van der Waals surface area contributed by atoms with Gasteiger partial charge in [-0.25, -0.2) is 12.7 Å². The van der Waals surface area contributed by atoms with Crippen molar-refractivity contribution in [3.63, 3.8) is 0 Å². The van der Waals surface area contributed by atoms with Crippen LogP contribution in [0.1, 0.15) is 6.42 Å². The minimum atomic E-state index is -3.61. The van der Waals surface area contributed by atoms with Gasteiger partial charge in [-0.2, -0.15) is 0 Å². The lowest BCUT2D eigenvalue weighted by atomic mass is 10.3. The first kappa shape index (κ1) is 19.0. The standard InChI is InChI=1S/C14H16Cl2N2O5S/c1-18(2)24(21,22)10-5-3-4-9(6-10)17-12(19)8-23-13(20)11-7-14(11,15)16/h3-6,11H,7-8H2,1-2H3,(H,17,19)/t11-/m1/s1. The molecule has 1 atom stereocenters. The number of benzene rings is 1. The summed E-state index contributed by atoms with van der Waals surface area (Å²) in [7, 11) is -0.793. The van der Waals surface area contributed by atoms with E-state index in [0.29, 0.717) is 6.42 Å². The third-order valence-electron chi connectivity index (χ3n) is 3.35. The summed E-state index contributed by atoms with van der Waals surface area (Å²) in [5, 5.41) is 2.46. The second-order valence-electron chi connectivity index (χ2n) is 5.49. The van der Waals surface area contributed by atoms with Crippen molar-refractivity contribution in [2.45, 2.75) is 15.6 Å². The van der Waals surface area contributed by atoms with E-state index in [2.05, 4.69) is 5.32 Å². The number of ether oxygens (including phenoxy) is 1. The molecule has 2 rings (SSSR count). The zero-order valence-electron chi connectivity index (χ0n) is 13.0. The molecule has 1 saturated carbocycles. The number of carbonyl (C=O) groups is 2. The monoisotopic (exact) mass is 394 g/mol. The third kappa shape index (κ3) is 4.38. The molecule has 0 unspecified atom stereocenters. The van der Waals surface area contributed by atoms with Crippen LogP contribution in [0.3, 0.4) is 0 Å². The molecule has 1 aromatic rings. The summed E-state index contributed by atoms with van der Waals surface area (Å²) >= 11 is 11.5. The maximum absolute atomic E-state index is 12.0. The van der Waals surface area contributed by atoms with Gasteiger partial charge >= 0.3 is 5.97 Å². The molecule has 0 saturated heterocycles. The van der Waals surface area contributed by atoms with Gasteiger partial charge in [-0.05, 0) is 24.6 Å². The average molecular weight is 395 g/mol. The number of alkyl halides is 2. The Bertz CT molecular complexity index is 764. The Morgan fingerprint density at radius 2 is 2.00 bits per heavy atom. The topological polar surface area (TPSA) is 92.8 Å². The lowest BCUT2D eigenvalue weighted by Gasteiger charge is -2.12. The Hall–Kier alpha value is -1.35. The lowest BCUT2D eigenvalue weighted by Crippen LogP contribution is -2.24. The van der Waals surface area contributed by atoms with Gasteiger partial charge in [-0.15, -0.1) is 23.2 Å². The van der Waals surface area contributed by atoms with Crippen LogP contribution < -0.4 is 5.32 Å². The van der Waals surface area contributed by atoms with E-state index in [1.165, 1.54) is 38.4 Å². The Morgan fingerprint density at radius 3 is 2.54 bits per heavy atom. The van der Waals surface area contributed by atoms with Crippen LogP contribution in [0.2, 0.25) is 0 Å². The van der Waals surface area contributed by atoms with Gasteiger partial charge < -0.3 is 10.1 Å². The van der Waals surface area contributed by atoms with Crippen molar-refractivity contribution in [3.05, 3.63) is 24.3 Å². The van der Waals surface area contributed by atoms with Crippen LogP contribution in [-0.2, 0) is 24.3 Å². The molecule has 1 N–H and O–H groups in total. The summed E-state index contributed by atoms with van der Waals surface area (Å²) in [5.74, 6) is -1.86. The van der Waals surface area contributed by atoms with Crippen molar-refractivity contribution in [2.24, 2.45) is 5.92 Å². The van der Waals surface area contributed by atoms with E-state index < -0.39 is 38.8 Å². The van der Waals surface area contributed by atoms with Gasteiger partial charge in [0, 0.05) is 19.8 Å². The van der Waals surface area contributed by atoms with Crippen molar-refractivity contribution < 1.29 is 22.7 Å². The number of nitrogens with one attached hydrogen (secondary N) is 1. The van der Waals surface area contributed by atoms with Crippen LogP contribution in [0.15, 0.2) is 29.2 Å². The van der Waals surface area contributed by atoms with Crippen LogP contribution in [0.25, 0.3) is 0 Å². The predicted molar refractivity (Wildman–Crippen MR) is 89.4 cm³/mol. The van der Waals surface area contributed by atoms with Crippen molar-refractivity contribution >= 4 is 50.8 Å². The first-order valence-corrected chi connectivity index (χ1v) is 9.10. The zero-order chi connectivity index (χ0) is 18.1. The molecule has 7 nitrogen and oxygen atoms in total. The van der Waals surface area contributed by atoms with Crippen LogP contribution in [-0.4, -0.2) is 49.6 Å². The number of hydrogen-bond acceptors (Lipinski definition) is 5. The van der Waals surface area contributed by atoms with Gasteiger partial charge in [-0.1, -0.05) is 6.07 Å². The molecule has 10 heteroatoms. The van der Waals surface area contributed by atoms with Gasteiger partial charge in [0.1, 0.15) is 4.33 Å². The zero-order valence-corrected chi connectivity index (χ0v) is 15.3. The number of amides is 1. The second-order valence-corrected chi connectivity index (χ2v) is 9.18. The number of anilines is 1. The normalized spacial score (nSPS) is 19.0. The fraction of sp³-hybridized carbons (Fsp3) is 0.429. The highest BCUT2D eigenvalue weighted by atomic mass is 35.5. The summed E-state index contributed by atoms with van der Waals surface area (Å²) in [6.45, 7) is -0.510. The van der Waals surface area contributed by atoms with E-state index in [0.717, 1.165) is 4.31 Å². The molecule has 24 heavy (non-hydrogen) atoms. The van der Waals surface area contributed by atoms with E-state index in [9.17, 15) is 18.0 Å². The van der Waals surface area contributed by atoms with E-state index in [4.69, 9.17) is 27.9 Å². The molecule has 0 heterocycles. The molecular weight excluding hydrogens is 379 g/mol. The Kier molecular flexibility index (Phi) is 5.44. The average Bonchev–Trinajstić information content (AvgIpc) is 3.14.